The maximum atomic E-state index is 13.6. The van der Waals surface area contributed by atoms with Gasteiger partial charge >= 0.3 is 0 Å². The van der Waals surface area contributed by atoms with Crippen molar-refractivity contribution in [3.05, 3.63) is 95.3 Å². The lowest BCUT2D eigenvalue weighted by molar-refractivity contribution is -0.132. The van der Waals surface area contributed by atoms with Crippen LogP contribution < -0.4 is 15.5 Å². The highest BCUT2D eigenvalue weighted by atomic mass is 19.1. The number of nitrogens with zero attached hydrogens (tertiary/aromatic N) is 2. The molecule has 1 atom stereocenters. The number of carbonyl (C=O) groups excluding carboxylic acids is 3. The van der Waals surface area contributed by atoms with E-state index in [2.05, 4.69) is 15.5 Å². The van der Waals surface area contributed by atoms with E-state index < -0.39 is 0 Å². The van der Waals surface area contributed by atoms with E-state index in [1.807, 2.05) is 54.3 Å². The molecule has 0 radical (unpaired) electrons. The Labute approximate surface area is 247 Å². The molecule has 220 valence electrons. The first kappa shape index (κ1) is 29.3. The van der Waals surface area contributed by atoms with Gasteiger partial charge in [-0.05, 0) is 67.1 Å². The zero-order valence-electron chi connectivity index (χ0n) is 24.2. The molecule has 1 saturated heterocycles. The Bertz CT molecular complexity index is 1390. The van der Waals surface area contributed by atoms with Gasteiger partial charge in [0.25, 0.3) is 5.91 Å². The Morgan fingerprint density at radius 1 is 0.905 bits per heavy atom. The molecular weight excluding hydrogens is 531 g/mol. The minimum atomic E-state index is -0.329. The van der Waals surface area contributed by atoms with Gasteiger partial charge in [0.2, 0.25) is 11.8 Å². The Morgan fingerprint density at radius 3 is 2.36 bits per heavy atom. The summed E-state index contributed by atoms with van der Waals surface area (Å²) in [5.41, 5.74) is 3.62. The third kappa shape index (κ3) is 6.98. The topological polar surface area (TPSA) is 81.8 Å². The highest BCUT2D eigenvalue weighted by Gasteiger charge is 2.28. The number of anilines is 2. The van der Waals surface area contributed by atoms with Crippen molar-refractivity contribution in [3.63, 3.8) is 0 Å². The van der Waals surface area contributed by atoms with Gasteiger partial charge in [-0.25, -0.2) is 4.39 Å². The molecule has 0 aromatic heterocycles. The van der Waals surface area contributed by atoms with E-state index in [9.17, 15) is 18.8 Å². The summed E-state index contributed by atoms with van der Waals surface area (Å²) >= 11 is 0. The lowest BCUT2D eigenvalue weighted by Crippen LogP contribution is -2.38. The Morgan fingerprint density at radius 2 is 1.67 bits per heavy atom. The highest BCUT2D eigenvalue weighted by Crippen LogP contribution is 2.30. The fourth-order valence-corrected chi connectivity index (χ4v) is 5.70. The smallest absolute Gasteiger partial charge is 0.253 e. The van der Waals surface area contributed by atoms with Crippen molar-refractivity contribution >= 4 is 29.1 Å². The molecule has 1 aliphatic heterocycles. The molecule has 3 amide bonds. The molecule has 0 bridgehead atoms. The van der Waals surface area contributed by atoms with E-state index in [0.717, 1.165) is 48.9 Å². The van der Waals surface area contributed by atoms with Crippen LogP contribution in [-0.4, -0.2) is 48.8 Å². The number of carbonyl (C=O) groups is 3. The number of rotatable bonds is 9. The lowest BCUT2D eigenvalue weighted by Gasteiger charge is -2.28. The van der Waals surface area contributed by atoms with Gasteiger partial charge in [-0.15, -0.1) is 0 Å². The minimum absolute atomic E-state index is 0.0144. The van der Waals surface area contributed by atoms with Crippen LogP contribution in [-0.2, 0) is 16.1 Å². The fraction of sp³-hybridized carbons (Fsp3) is 0.382. The molecule has 1 aliphatic carbocycles. The predicted octanol–water partition coefficient (Wildman–Crippen LogP) is 5.73. The van der Waals surface area contributed by atoms with E-state index in [4.69, 9.17) is 0 Å². The number of amides is 3. The molecule has 2 aliphatic rings. The van der Waals surface area contributed by atoms with Gasteiger partial charge in [0.15, 0.2) is 0 Å². The monoisotopic (exact) mass is 570 g/mol. The van der Waals surface area contributed by atoms with Crippen LogP contribution in [0.5, 0.6) is 0 Å². The summed E-state index contributed by atoms with van der Waals surface area (Å²) in [5.74, 6) is -0.635. The van der Waals surface area contributed by atoms with Gasteiger partial charge in [0.1, 0.15) is 5.82 Å². The van der Waals surface area contributed by atoms with Gasteiger partial charge in [0.05, 0.1) is 11.5 Å². The summed E-state index contributed by atoms with van der Waals surface area (Å²) in [4.78, 5) is 43.8. The SMILES string of the molecule is CC[C@H](C(=O)N1CCCN(c2ccc(NC(=O)C3CCC3)cc2C(=O)NCc2ccc(F)cc2)CC1)c1ccccc1. The van der Waals surface area contributed by atoms with Crippen LogP contribution in [0, 0.1) is 11.7 Å². The van der Waals surface area contributed by atoms with Gasteiger partial charge in [0, 0.05) is 50.0 Å². The molecule has 3 aromatic carbocycles. The third-order valence-corrected chi connectivity index (χ3v) is 8.41. The molecule has 0 unspecified atom stereocenters. The second-order valence-electron chi connectivity index (χ2n) is 11.2. The molecule has 0 spiro atoms. The fourth-order valence-electron chi connectivity index (χ4n) is 5.70. The minimum Gasteiger partial charge on any atom is -0.369 e. The maximum Gasteiger partial charge on any atom is 0.253 e. The summed E-state index contributed by atoms with van der Waals surface area (Å²) in [6.07, 6.45) is 4.35. The summed E-state index contributed by atoms with van der Waals surface area (Å²) in [6, 6.07) is 21.4. The molecule has 5 rings (SSSR count). The molecule has 1 saturated carbocycles. The maximum absolute atomic E-state index is 13.6. The van der Waals surface area contributed by atoms with Crippen LogP contribution in [0.1, 0.15) is 66.4 Å². The van der Waals surface area contributed by atoms with Crippen molar-refractivity contribution < 1.29 is 18.8 Å². The second kappa shape index (κ2) is 13.6. The van der Waals surface area contributed by atoms with Gasteiger partial charge < -0.3 is 20.4 Å². The molecule has 7 nitrogen and oxygen atoms in total. The Hall–Kier alpha value is -4.20. The van der Waals surface area contributed by atoms with E-state index >= 15 is 0 Å². The van der Waals surface area contributed by atoms with Crippen LogP contribution in [0.2, 0.25) is 0 Å². The summed E-state index contributed by atoms with van der Waals surface area (Å²) < 4.78 is 13.4. The van der Waals surface area contributed by atoms with Crippen molar-refractivity contribution in [2.45, 2.75) is 51.5 Å². The zero-order chi connectivity index (χ0) is 29.5. The molecular formula is C34H39FN4O3. The quantitative estimate of drug-likeness (QED) is 0.345. The lowest BCUT2D eigenvalue weighted by atomic mass is 9.85. The molecule has 42 heavy (non-hydrogen) atoms. The van der Waals surface area contributed by atoms with Crippen molar-refractivity contribution in [1.82, 2.24) is 10.2 Å². The molecule has 2 fully saturated rings. The average Bonchev–Trinajstić information content (AvgIpc) is 3.23. The van der Waals surface area contributed by atoms with E-state index in [-0.39, 0.29) is 41.9 Å². The highest BCUT2D eigenvalue weighted by molar-refractivity contribution is 6.02. The standard InChI is InChI=1S/C34H39FN4O3/c1-2-29(25-8-4-3-5-9-25)34(42)39-19-7-18-38(20-21-39)31-17-16-28(37-32(40)26-10-6-11-26)22-30(31)33(41)36-23-24-12-14-27(35)15-13-24/h3-5,8-9,12-17,22,26,29H,2,6-7,10-11,18-21,23H2,1H3,(H,36,41)(H,37,40)/t29-/m0/s1. The van der Waals surface area contributed by atoms with Crippen molar-refractivity contribution in [1.29, 1.82) is 0 Å². The van der Waals surface area contributed by atoms with Crippen LogP contribution >= 0.6 is 0 Å². The number of hydrogen-bond acceptors (Lipinski definition) is 4. The second-order valence-corrected chi connectivity index (χ2v) is 11.2. The third-order valence-electron chi connectivity index (χ3n) is 8.41. The summed E-state index contributed by atoms with van der Waals surface area (Å²) in [7, 11) is 0. The number of benzene rings is 3. The first-order valence-electron chi connectivity index (χ1n) is 15.0. The molecule has 1 heterocycles. The summed E-state index contributed by atoms with van der Waals surface area (Å²) in [6.45, 7) is 4.78. The Kier molecular flexibility index (Phi) is 9.52. The average molecular weight is 571 g/mol. The molecule has 2 N–H and O–H groups in total. The first-order chi connectivity index (χ1) is 20.4. The normalized spacial score (nSPS) is 16.2. The molecule has 8 heteroatoms. The number of hydrogen-bond donors (Lipinski definition) is 2. The van der Waals surface area contributed by atoms with E-state index in [1.54, 1.807) is 18.2 Å². The van der Waals surface area contributed by atoms with Crippen LogP contribution in [0.3, 0.4) is 0 Å². The largest absolute Gasteiger partial charge is 0.369 e. The van der Waals surface area contributed by atoms with Crippen molar-refractivity contribution in [2.75, 3.05) is 36.4 Å². The first-order valence-corrected chi connectivity index (χ1v) is 15.0. The van der Waals surface area contributed by atoms with Gasteiger partial charge in [-0.1, -0.05) is 55.8 Å². The predicted molar refractivity (Wildman–Crippen MR) is 163 cm³/mol. The number of halogens is 1. The Balaban J connectivity index is 1.33. The van der Waals surface area contributed by atoms with Crippen LogP contribution in [0.4, 0.5) is 15.8 Å². The summed E-state index contributed by atoms with van der Waals surface area (Å²) in [5, 5.41) is 5.94. The van der Waals surface area contributed by atoms with Crippen LogP contribution in [0.15, 0.2) is 72.8 Å². The van der Waals surface area contributed by atoms with Gasteiger partial charge in [-0.2, -0.15) is 0 Å². The number of nitrogens with one attached hydrogen (secondary N) is 2. The zero-order valence-corrected chi connectivity index (χ0v) is 24.2. The van der Waals surface area contributed by atoms with Crippen molar-refractivity contribution in [3.8, 4) is 0 Å². The molecule has 3 aromatic rings. The van der Waals surface area contributed by atoms with E-state index in [1.165, 1.54) is 12.1 Å². The van der Waals surface area contributed by atoms with Crippen molar-refractivity contribution in [2.24, 2.45) is 5.92 Å². The van der Waals surface area contributed by atoms with Gasteiger partial charge in [-0.3, -0.25) is 14.4 Å². The van der Waals surface area contributed by atoms with E-state index in [0.29, 0.717) is 37.4 Å². The van der Waals surface area contributed by atoms with Crippen LogP contribution in [0.25, 0.3) is 0 Å².